The largest absolute Gasteiger partial charge is 0.351 e. The van der Waals surface area contributed by atoms with E-state index in [4.69, 9.17) is 5.73 Å². The maximum Gasteiger partial charge on any atom is 0.224 e. The van der Waals surface area contributed by atoms with Gasteiger partial charge in [0.1, 0.15) is 0 Å². The molecule has 0 aliphatic carbocycles. The molecule has 4 heteroatoms. The van der Waals surface area contributed by atoms with Crippen LogP contribution in [0.25, 0.3) is 0 Å². The smallest absolute Gasteiger partial charge is 0.224 e. The lowest BCUT2D eigenvalue weighted by Gasteiger charge is -2.28. The average Bonchev–Trinajstić information content (AvgIpc) is 2.36. The molecule has 0 aliphatic rings. The van der Waals surface area contributed by atoms with E-state index in [-0.39, 0.29) is 29.8 Å². The van der Waals surface area contributed by atoms with Crippen LogP contribution in [-0.4, -0.2) is 18.0 Å². The van der Waals surface area contributed by atoms with Crippen molar-refractivity contribution < 1.29 is 4.79 Å². The van der Waals surface area contributed by atoms with Gasteiger partial charge in [0.15, 0.2) is 0 Å². The van der Waals surface area contributed by atoms with Gasteiger partial charge in [-0.3, -0.25) is 4.79 Å². The molecule has 1 rings (SSSR count). The normalized spacial score (nSPS) is 12.4. The van der Waals surface area contributed by atoms with Gasteiger partial charge in [-0.2, -0.15) is 0 Å². The molecule has 0 aliphatic heterocycles. The van der Waals surface area contributed by atoms with E-state index in [0.717, 1.165) is 12.8 Å². The van der Waals surface area contributed by atoms with Crippen LogP contribution >= 0.6 is 12.4 Å². The first-order chi connectivity index (χ1) is 8.44. The third-order valence-corrected chi connectivity index (χ3v) is 3.14. The lowest BCUT2D eigenvalue weighted by atomic mass is 9.94. The van der Waals surface area contributed by atoms with Gasteiger partial charge in [0.25, 0.3) is 0 Å². The molecule has 1 aromatic rings. The second-order valence-electron chi connectivity index (χ2n) is 5.50. The SMILES string of the molecule is CC(CN)C(=O)NC(C)(C)CCc1ccccc1.Cl. The fourth-order valence-electron chi connectivity index (χ4n) is 1.73. The number of hydrogen-bond acceptors (Lipinski definition) is 2. The van der Waals surface area contributed by atoms with E-state index in [1.54, 1.807) is 0 Å². The predicted octanol–water partition coefficient (Wildman–Crippen LogP) is 2.53. The molecular formula is C15H25ClN2O. The molecule has 0 saturated heterocycles. The highest BCUT2D eigenvalue weighted by Gasteiger charge is 2.22. The maximum atomic E-state index is 11.8. The highest BCUT2D eigenvalue weighted by Crippen LogP contribution is 2.14. The van der Waals surface area contributed by atoms with Crippen LogP contribution in [0.2, 0.25) is 0 Å². The molecule has 0 aromatic heterocycles. The van der Waals surface area contributed by atoms with Crippen LogP contribution in [0.15, 0.2) is 30.3 Å². The number of aryl methyl sites for hydroxylation is 1. The summed E-state index contributed by atoms with van der Waals surface area (Å²) < 4.78 is 0. The van der Waals surface area contributed by atoms with Crippen LogP contribution in [0.5, 0.6) is 0 Å². The van der Waals surface area contributed by atoms with Crippen molar-refractivity contribution >= 4 is 18.3 Å². The number of nitrogens with one attached hydrogen (secondary N) is 1. The van der Waals surface area contributed by atoms with Gasteiger partial charge >= 0.3 is 0 Å². The number of rotatable bonds is 6. The predicted molar refractivity (Wildman–Crippen MR) is 82.5 cm³/mol. The van der Waals surface area contributed by atoms with Crippen molar-refractivity contribution in [2.75, 3.05) is 6.54 Å². The number of amides is 1. The number of carbonyl (C=O) groups excluding carboxylic acids is 1. The fraction of sp³-hybridized carbons (Fsp3) is 0.533. The van der Waals surface area contributed by atoms with Gasteiger partial charge in [-0.05, 0) is 32.3 Å². The average molecular weight is 285 g/mol. The molecule has 3 N–H and O–H groups in total. The summed E-state index contributed by atoms with van der Waals surface area (Å²) >= 11 is 0. The molecule has 0 bridgehead atoms. The highest BCUT2D eigenvalue weighted by molar-refractivity contribution is 5.85. The summed E-state index contributed by atoms with van der Waals surface area (Å²) in [6.45, 7) is 6.34. The number of carbonyl (C=O) groups is 1. The van der Waals surface area contributed by atoms with Crippen LogP contribution in [0.3, 0.4) is 0 Å². The fourth-order valence-corrected chi connectivity index (χ4v) is 1.73. The molecule has 1 amide bonds. The van der Waals surface area contributed by atoms with E-state index in [9.17, 15) is 4.79 Å². The van der Waals surface area contributed by atoms with Gasteiger partial charge < -0.3 is 11.1 Å². The summed E-state index contributed by atoms with van der Waals surface area (Å²) in [5.41, 5.74) is 6.60. The summed E-state index contributed by atoms with van der Waals surface area (Å²) in [5.74, 6) is -0.0865. The molecule has 0 spiro atoms. The van der Waals surface area contributed by atoms with Gasteiger partial charge in [-0.25, -0.2) is 0 Å². The van der Waals surface area contributed by atoms with Crippen molar-refractivity contribution in [1.29, 1.82) is 0 Å². The zero-order chi connectivity index (χ0) is 13.6. The zero-order valence-corrected chi connectivity index (χ0v) is 12.8. The molecule has 19 heavy (non-hydrogen) atoms. The van der Waals surface area contributed by atoms with Crippen LogP contribution < -0.4 is 11.1 Å². The van der Waals surface area contributed by atoms with E-state index in [1.807, 2.05) is 25.1 Å². The Kier molecular flexibility index (Phi) is 7.72. The summed E-state index contributed by atoms with van der Waals surface area (Å²) in [6, 6.07) is 10.3. The van der Waals surface area contributed by atoms with Gasteiger partial charge in [0.2, 0.25) is 5.91 Å². The van der Waals surface area contributed by atoms with Crippen molar-refractivity contribution in [2.24, 2.45) is 11.7 Å². The standard InChI is InChI=1S/C15H24N2O.ClH/c1-12(11-16)14(18)17-15(2,3)10-9-13-7-5-4-6-8-13;/h4-8,12H,9-11,16H2,1-3H3,(H,17,18);1H. The van der Waals surface area contributed by atoms with E-state index in [2.05, 4.69) is 31.3 Å². The van der Waals surface area contributed by atoms with Gasteiger partial charge in [0.05, 0.1) is 0 Å². The number of halogens is 1. The van der Waals surface area contributed by atoms with Crippen LogP contribution in [0.4, 0.5) is 0 Å². The number of nitrogens with two attached hydrogens (primary N) is 1. The number of benzene rings is 1. The minimum absolute atomic E-state index is 0. The zero-order valence-electron chi connectivity index (χ0n) is 12.0. The molecular weight excluding hydrogens is 260 g/mol. The first-order valence-corrected chi connectivity index (χ1v) is 6.50. The summed E-state index contributed by atoms with van der Waals surface area (Å²) in [6.07, 6.45) is 1.88. The molecule has 108 valence electrons. The van der Waals surface area contributed by atoms with Gasteiger partial charge in [-0.15, -0.1) is 12.4 Å². The van der Waals surface area contributed by atoms with Gasteiger partial charge in [0, 0.05) is 18.0 Å². The van der Waals surface area contributed by atoms with Crippen molar-refractivity contribution in [2.45, 2.75) is 39.2 Å². The van der Waals surface area contributed by atoms with E-state index in [1.165, 1.54) is 5.56 Å². The topological polar surface area (TPSA) is 55.1 Å². The Bertz CT molecular complexity index is 379. The van der Waals surface area contributed by atoms with E-state index < -0.39 is 0 Å². The Morgan fingerprint density at radius 3 is 2.42 bits per heavy atom. The maximum absolute atomic E-state index is 11.8. The molecule has 0 radical (unpaired) electrons. The van der Waals surface area contributed by atoms with Crippen molar-refractivity contribution in [1.82, 2.24) is 5.32 Å². The van der Waals surface area contributed by atoms with Gasteiger partial charge in [-0.1, -0.05) is 37.3 Å². The first kappa shape index (κ1) is 17.9. The Morgan fingerprint density at radius 1 is 1.32 bits per heavy atom. The Balaban J connectivity index is 0.00000324. The Morgan fingerprint density at radius 2 is 1.89 bits per heavy atom. The Labute approximate surface area is 122 Å². The van der Waals surface area contributed by atoms with Crippen LogP contribution in [0.1, 0.15) is 32.8 Å². The summed E-state index contributed by atoms with van der Waals surface area (Å²) in [7, 11) is 0. The summed E-state index contributed by atoms with van der Waals surface area (Å²) in [5, 5.41) is 3.06. The van der Waals surface area contributed by atoms with Crippen molar-refractivity contribution in [3.8, 4) is 0 Å². The quantitative estimate of drug-likeness (QED) is 0.843. The van der Waals surface area contributed by atoms with Crippen molar-refractivity contribution in [3.63, 3.8) is 0 Å². The lowest BCUT2D eigenvalue weighted by Crippen LogP contribution is -2.47. The molecule has 1 aromatic carbocycles. The van der Waals surface area contributed by atoms with E-state index >= 15 is 0 Å². The third kappa shape index (κ3) is 6.60. The molecule has 1 atom stereocenters. The van der Waals surface area contributed by atoms with E-state index in [0.29, 0.717) is 6.54 Å². The molecule has 0 heterocycles. The molecule has 3 nitrogen and oxygen atoms in total. The molecule has 0 saturated carbocycles. The third-order valence-electron chi connectivity index (χ3n) is 3.14. The number of hydrogen-bond donors (Lipinski definition) is 2. The highest BCUT2D eigenvalue weighted by atomic mass is 35.5. The molecule has 1 unspecified atom stereocenters. The second-order valence-corrected chi connectivity index (χ2v) is 5.50. The molecule has 0 fully saturated rings. The minimum atomic E-state index is -0.198. The van der Waals surface area contributed by atoms with Crippen LogP contribution in [-0.2, 0) is 11.2 Å². The Hall–Kier alpha value is -1.06. The second kappa shape index (κ2) is 8.18. The first-order valence-electron chi connectivity index (χ1n) is 6.50. The summed E-state index contributed by atoms with van der Waals surface area (Å²) in [4.78, 5) is 11.8. The van der Waals surface area contributed by atoms with Crippen molar-refractivity contribution in [3.05, 3.63) is 35.9 Å². The minimum Gasteiger partial charge on any atom is -0.351 e. The lowest BCUT2D eigenvalue weighted by molar-refractivity contribution is -0.125. The monoisotopic (exact) mass is 284 g/mol. The van der Waals surface area contributed by atoms with Crippen LogP contribution in [0, 0.1) is 5.92 Å².